The average molecular weight is 298 g/mol. The van der Waals surface area contributed by atoms with E-state index in [4.69, 9.17) is 4.74 Å². The minimum Gasteiger partial charge on any atom is -0.465 e. The van der Waals surface area contributed by atoms with Crippen LogP contribution in [-0.2, 0) is 14.3 Å². The first-order valence-electron chi connectivity index (χ1n) is 8.22. The molecule has 1 aliphatic rings. The molecule has 0 aliphatic heterocycles. The van der Waals surface area contributed by atoms with Crippen molar-refractivity contribution in [2.75, 3.05) is 19.7 Å². The number of esters is 1. The third-order valence-electron chi connectivity index (χ3n) is 3.93. The SMILES string of the molecule is CCOC(=O)CN(CC(=O)NC1CCCCCC1)C(C)C. The Morgan fingerprint density at radius 3 is 2.29 bits per heavy atom. The predicted octanol–water partition coefficient (Wildman–Crippen LogP) is 2.10. The Balaban J connectivity index is 2.42. The van der Waals surface area contributed by atoms with Crippen molar-refractivity contribution in [3.05, 3.63) is 0 Å². The molecule has 0 spiro atoms. The van der Waals surface area contributed by atoms with Gasteiger partial charge in [-0.1, -0.05) is 25.7 Å². The fourth-order valence-corrected chi connectivity index (χ4v) is 2.67. The zero-order valence-electron chi connectivity index (χ0n) is 13.7. The summed E-state index contributed by atoms with van der Waals surface area (Å²) in [4.78, 5) is 25.6. The number of carbonyl (C=O) groups excluding carboxylic acids is 2. The Morgan fingerprint density at radius 2 is 1.76 bits per heavy atom. The van der Waals surface area contributed by atoms with Crippen LogP contribution in [0.15, 0.2) is 0 Å². The lowest BCUT2D eigenvalue weighted by atomic mass is 10.1. The molecule has 0 aromatic heterocycles. The minimum atomic E-state index is -0.270. The van der Waals surface area contributed by atoms with E-state index in [-0.39, 0.29) is 31.0 Å². The number of carbonyl (C=O) groups is 2. The Labute approximate surface area is 128 Å². The van der Waals surface area contributed by atoms with Crippen LogP contribution in [0.4, 0.5) is 0 Å². The van der Waals surface area contributed by atoms with Crippen LogP contribution in [0.5, 0.6) is 0 Å². The molecule has 0 aromatic rings. The van der Waals surface area contributed by atoms with Crippen LogP contribution < -0.4 is 5.32 Å². The Hall–Kier alpha value is -1.10. The first kappa shape index (κ1) is 18.0. The summed E-state index contributed by atoms with van der Waals surface area (Å²) >= 11 is 0. The average Bonchev–Trinajstić information content (AvgIpc) is 2.66. The lowest BCUT2D eigenvalue weighted by Gasteiger charge is -2.26. The molecule has 0 heterocycles. The molecule has 1 rings (SSSR count). The van der Waals surface area contributed by atoms with Gasteiger partial charge in [-0.3, -0.25) is 14.5 Å². The highest BCUT2D eigenvalue weighted by Crippen LogP contribution is 2.17. The molecule has 0 bridgehead atoms. The van der Waals surface area contributed by atoms with Crippen molar-refractivity contribution in [3.63, 3.8) is 0 Å². The summed E-state index contributed by atoms with van der Waals surface area (Å²) in [5.41, 5.74) is 0. The van der Waals surface area contributed by atoms with E-state index in [9.17, 15) is 9.59 Å². The Morgan fingerprint density at radius 1 is 1.14 bits per heavy atom. The van der Waals surface area contributed by atoms with Gasteiger partial charge in [-0.15, -0.1) is 0 Å². The molecule has 1 amide bonds. The van der Waals surface area contributed by atoms with Gasteiger partial charge in [0.1, 0.15) is 0 Å². The summed E-state index contributed by atoms with van der Waals surface area (Å²) in [6, 6.07) is 0.436. The Kier molecular flexibility index (Phi) is 8.35. The molecule has 5 nitrogen and oxygen atoms in total. The summed E-state index contributed by atoms with van der Waals surface area (Å²) in [6.07, 6.45) is 7.08. The predicted molar refractivity (Wildman–Crippen MR) is 83.0 cm³/mol. The summed E-state index contributed by atoms with van der Waals surface area (Å²) < 4.78 is 4.96. The van der Waals surface area contributed by atoms with E-state index in [1.54, 1.807) is 6.92 Å². The molecule has 0 aromatic carbocycles. The van der Waals surface area contributed by atoms with Crippen molar-refractivity contribution < 1.29 is 14.3 Å². The van der Waals surface area contributed by atoms with Gasteiger partial charge in [0.15, 0.2) is 0 Å². The van der Waals surface area contributed by atoms with E-state index in [1.807, 2.05) is 18.7 Å². The van der Waals surface area contributed by atoms with Crippen LogP contribution >= 0.6 is 0 Å². The molecule has 1 aliphatic carbocycles. The van der Waals surface area contributed by atoms with Crippen molar-refractivity contribution >= 4 is 11.9 Å². The summed E-state index contributed by atoms with van der Waals surface area (Å²) in [5, 5.41) is 3.12. The second-order valence-electron chi connectivity index (χ2n) is 6.06. The number of ether oxygens (including phenoxy) is 1. The molecule has 0 atom stereocenters. The molecule has 0 radical (unpaired) electrons. The molecular formula is C16H30N2O3. The van der Waals surface area contributed by atoms with Gasteiger partial charge in [-0.25, -0.2) is 0 Å². The van der Waals surface area contributed by atoms with Crippen LogP contribution in [0.3, 0.4) is 0 Å². The van der Waals surface area contributed by atoms with Crippen molar-refractivity contribution in [1.29, 1.82) is 0 Å². The molecule has 122 valence electrons. The maximum absolute atomic E-state index is 12.2. The minimum absolute atomic E-state index is 0.0138. The van der Waals surface area contributed by atoms with Gasteiger partial charge in [-0.2, -0.15) is 0 Å². The quantitative estimate of drug-likeness (QED) is 0.577. The number of nitrogens with zero attached hydrogens (tertiary/aromatic N) is 1. The number of hydrogen-bond donors (Lipinski definition) is 1. The maximum Gasteiger partial charge on any atom is 0.320 e. The summed E-state index contributed by atoms with van der Waals surface area (Å²) in [5.74, 6) is -0.256. The van der Waals surface area contributed by atoms with Crippen molar-refractivity contribution in [2.24, 2.45) is 0 Å². The number of amides is 1. The Bertz CT molecular complexity index is 323. The fraction of sp³-hybridized carbons (Fsp3) is 0.875. The normalized spacial score (nSPS) is 16.8. The number of hydrogen-bond acceptors (Lipinski definition) is 4. The zero-order chi connectivity index (χ0) is 15.7. The highest BCUT2D eigenvalue weighted by molar-refractivity contribution is 5.79. The number of rotatable bonds is 7. The van der Waals surface area contributed by atoms with Crippen LogP contribution in [0.1, 0.15) is 59.3 Å². The van der Waals surface area contributed by atoms with Crippen molar-refractivity contribution in [3.8, 4) is 0 Å². The standard InChI is InChI=1S/C16H30N2O3/c1-4-21-16(20)12-18(13(2)3)11-15(19)17-14-9-7-5-6-8-10-14/h13-14H,4-12H2,1-3H3,(H,17,19). The van der Waals surface area contributed by atoms with E-state index < -0.39 is 0 Å². The highest BCUT2D eigenvalue weighted by atomic mass is 16.5. The molecule has 1 saturated carbocycles. The van der Waals surface area contributed by atoms with Gasteiger partial charge in [0.05, 0.1) is 19.7 Å². The fourth-order valence-electron chi connectivity index (χ4n) is 2.67. The third-order valence-corrected chi connectivity index (χ3v) is 3.93. The third kappa shape index (κ3) is 7.46. The first-order valence-corrected chi connectivity index (χ1v) is 8.22. The maximum atomic E-state index is 12.2. The van der Waals surface area contributed by atoms with Gasteiger partial charge in [-0.05, 0) is 33.6 Å². The molecule has 21 heavy (non-hydrogen) atoms. The lowest BCUT2D eigenvalue weighted by molar-refractivity contribution is -0.145. The van der Waals surface area contributed by atoms with Crippen molar-refractivity contribution in [2.45, 2.75) is 71.4 Å². The van der Waals surface area contributed by atoms with Crippen LogP contribution in [0, 0.1) is 0 Å². The second kappa shape index (κ2) is 9.77. The van der Waals surface area contributed by atoms with Gasteiger partial charge < -0.3 is 10.1 Å². The number of nitrogens with one attached hydrogen (secondary N) is 1. The second-order valence-corrected chi connectivity index (χ2v) is 6.06. The van der Waals surface area contributed by atoms with E-state index in [0.717, 1.165) is 12.8 Å². The molecule has 0 saturated heterocycles. The molecular weight excluding hydrogens is 268 g/mol. The first-order chi connectivity index (χ1) is 10.0. The van der Waals surface area contributed by atoms with E-state index in [0.29, 0.717) is 12.6 Å². The largest absolute Gasteiger partial charge is 0.465 e. The molecule has 5 heteroatoms. The van der Waals surface area contributed by atoms with Crippen LogP contribution in [0.25, 0.3) is 0 Å². The zero-order valence-corrected chi connectivity index (χ0v) is 13.7. The summed E-state index contributed by atoms with van der Waals surface area (Å²) in [6.45, 7) is 6.56. The van der Waals surface area contributed by atoms with Crippen LogP contribution in [-0.4, -0.2) is 48.6 Å². The van der Waals surface area contributed by atoms with E-state index >= 15 is 0 Å². The van der Waals surface area contributed by atoms with E-state index in [2.05, 4.69) is 5.32 Å². The van der Waals surface area contributed by atoms with Gasteiger partial charge >= 0.3 is 5.97 Å². The molecule has 1 N–H and O–H groups in total. The summed E-state index contributed by atoms with van der Waals surface area (Å²) in [7, 11) is 0. The van der Waals surface area contributed by atoms with Gasteiger partial charge in [0.2, 0.25) is 5.91 Å². The molecule has 0 unspecified atom stereocenters. The highest BCUT2D eigenvalue weighted by Gasteiger charge is 2.20. The lowest BCUT2D eigenvalue weighted by Crippen LogP contribution is -2.46. The van der Waals surface area contributed by atoms with Gasteiger partial charge in [0, 0.05) is 12.1 Å². The van der Waals surface area contributed by atoms with Crippen LogP contribution in [0.2, 0.25) is 0 Å². The topological polar surface area (TPSA) is 58.6 Å². The van der Waals surface area contributed by atoms with E-state index in [1.165, 1.54) is 25.7 Å². The monoisotopic (exact) mass is 298 g/mol. The molecule has 1 fully saturated rings. The van der Waals surface area contributed by atoms with Crippen molar-refractivity contribution in [1.82, 2.24) is 10.2 Å². The smallest absolute Gasteiger partial charge is 0.320 e. The van der Waals surface area contributed by atoms with Gasteiger partial charge in [0.25, 0.3) is 0 Å².